The maximum absolute atomic E-state index is 10.2. The molecular weight excluding hydrogens is 176 g/mol. The molecule has 0 aromatic carbocycles. The van der Waals surface area contributed by atoms with Crippen molar-refractivity contribution in [1.82, 2.24) is 9.80 Å². The molecule has 0 aromatic heterocycles. The quantitative estimate of drug-likeness (QED) is 0.612. The van der Waals surface area contributed by atoms with E-state index in [1.807, 2.05) is 0 Å². The second-order valence-corrected chi connectivity index (χ2v) is 4.50. The molecule has 1 rings (SSSR count). The largest absolute Gasteiger partial charge is 0.309 e. The van der Waals surface area contributed by atoms with E-state index in [1.165, 1.54) is 32.5 Å². The Hall–Kier alpha value is -0.410. The molecule has 0 bridgehead atoms. The van der Waals surface area contributed by atoms with Gasteiger partial charge in [-0.1, -0.05) is 0 Å². The summed E-state index contributed by atoms with van der Waals surface area (Å²) < 4.78 is 0. The summed E-state index contributed by atoms with van der Waals surface area (Å²) in [5.74, 6) is 0.859. The Balaban J connectivity index is 2.14. The van der Waals surface area contributed by atoms with Crippen LogP contribution in [0.2, 0.25) is 0 Å². The van der Waals surface area contributed by atoms with E-state index in [9.17, 15) is 4.79 Å². The molecule has 0 saturated carbocycles. The third-order valence-electron chi connectivity index (χ3n) is 2.89. The van der Waals surface area contributed by atoms with Crippen molar-refractivity contribution in [2.24, 2.45) is 5.92 Å². The summed E-state index contributed by atoms with van der Waals surface area (Å²) in [6, 6.07) is 0. The van der Waals surface area contributed by atoms with Gasteiger partial charge in [-0.2, -0.15) is 0 Å². The molecule has 0 spiro atoms. The first-order chi connectivity index (χ1) is 6.72. The molecule has 0 aromatic rings. The van der Waals surface area contributed by atoms with Crippen molar-refractivity contribution >= 4 is 6.29 Å². The van der Waals surface area contributed by atoms with E-state index >= 15 is 0 Å². The van der Waals surface area contributed by atoms with Gasteiger partial charge in [-0.15, -0.1) is 0 Å². The van der Waals surface area contributed by atoms with E-state index in [0.717, 1.165) is 18.7 Å². The molecule has 0 N–H and O–H groups in total. The minimum absolute atomic E-state index is 0.693. The number of carbonyl (C=O) groups excluding carboxylic acids is 1. The van der Waals surface area contributed by atoms with Crippen LogP contribution >= 0.6 is 0 Å². The van der Waals surface area contributed by atoms with Gasteiger partial charge in [-0.3, -0.25) is 0 Å². The minimum atomic E-state index is 0.693. The van der Waals surface area contributed by atoms with Gasteiger partial charge in [0.15, 0.2) is 0 Å². The van der Waals surface area contributed by atoms with Crippen molar-refractivity contribution in [3.63, 3.8) is 0 Å². The lowest BCUT2D eigenvalue weighted by Gasteiger charge is -2.32. The van der Waals surface area contributed by atoms with Crippen LogP contribution in [0.3, 0.4) is 0 Å². The van der Waals surface area contributed by atoms with Crippen LogP contribution in [-0.4, -0.2) is 56.4 Å². The number of hydrogen-bond acceptors (Lipinski definition) is 3. The number of hydrogen-bond donors (Lipinski definition) is 0. The summed E-state index contributed by atoms with van der Waals surface area (Å²) in [7, 11) is 4.28. The molecule has 1 aliphatic rings. The van der Waals surface area contributed by atoms with E-state index in [2.05, 4.69) is 23.9 Å². The second-order valence-electron chi connectivity index (χ2n) is 4.50. The zero-order valence-electron chi connectivity index (χ0n) is 9.41. The zero-order chi connectivity index (χ0) is 10.4. The number of rotatable bonds is 5. The maximum Gasteiger partial charge on any atom is 0.121 e. The number of carbonyl (C=O) groups is 1. The predicted molar refractivity (Wildman–Crippen MR) is 58.4 cm³/mol. The standard InChI is InChI=1S/C11H22N2O/c1-12(2)10-11-4-7-13(8-5-11)6-3-9-14/h9,11H,3-8,10H2,1-2H3. The van der Waals surface area contributed by atoms with Crippen LogP contribution in [0.15, 0.2) is 0 Å². The van der Waals surface area contributed by atoms with Crippen LogP contribution in [0.25, 0.3) is 0 Å². The van der Waals surface area contributed by atoms with Gasteiger partial charge in [-0.05, 0) is 45.9 Å². The average molecular weight is 198 g/mol. The van der Waals surface area contributed by atoms with Crippen LogP contribution in [-0.2, 0) is 4.79 Å². The lowest BCUT2D eigenvalue weighted by atomic mass is 9.96. The van der Waals surface area contributed by atoms with E-state index in [-0.39, 0.29) is 0 Å². The third-order valence-corrected chi connectivity index (χ3v) is 2.89. The van der Waals surface area contributed by atoms with E-state index in [4.69, 9.17) is 0 Å². The SMILES string of the molecule is CN(C)CC1CCN(CCC=O)CC1. The Morgan fingerprint density at radius 1 is 1.36 bits per heavy atom. The molecular formula is C11H22N2O. The lowest BCUT2D eigenvalue weighted by Crippen LogP contribution is -2.37. The highest BCUT2D eigenvalue weighted by atomic mass is 16.1. The van der Waals surface area contributed by atoms with Crippen LogP contribution in [0, 0.1) is 5.92 Å². The first kappa shape index (κ1) is 11.7. The molecule has 0 unspecified atom stereocenters. The number of likely N-dealkylation sites (tertiary alicyclic amines) is 1. The number of aldehydes is 1. The van der Waals surface area contributed by atoms with Crippen LogP contribution in [0.1, 0.15) is 19.3 Å². The molecule has 3 nitrogen and oxygen atoms in total. The summed E-state index contributed by atoms with van der Waals surface area (Å²) >= 11 is 0. The molecule has 0 atom stereocenters. The van der Waals surface area contributed by atoms with Gasteiger partial charge in [0, 0.05) is 19.5 Å². The normalized spacial score (nSPS) is 20.2. The highest BCUT2D eigenvalue weighted by Gasteiger charge is 2.18. The van der Waals surface area contributed by atoms with Crippen molar-refractivity contribution in [1.29, 1.82) is 0 Å². The summed E-state index contributed by atoms with van der Waals surface area (Å²) in [5.41, 5.74) is 0. The van der Waals surface area contributed by atoms with Gasteiger partial charge in [0.25, 0.3) is 0 Å². The summed E-state index contributed by atoms with van der Waals surface area (Å²) in [6.45, 7) is 4.51. The molecule has 0 amide bonds. The van der Waals surface area contributed by atoms with E-state index in [0.29, 0.717) is 6.42 Å². The van der Waals surface area contributed by atoms with Crippen LogP contribution < -0.4 is 0 Å². The van der Waals surface area contributed by atoms with Gasteiger partial charge >= 0.3 is 0 Å². The molecule has 3 heteroatoms. The van der Waals surface area contributed by atoms with Crippen molar-refractivity contribution in [3.8, 4) is 0 Å². The predicted octanol–water partition coefficient (Wildman–Crippen LogP) is 0.849. The monoisotopic (exact) mass is 198 g/mol. The molecule has 82 valence electrons. The number of piperidine rings is 1. The van der Waals surface area contributed by atoms with Crippen molar-refractivity contribution in [3.05, 3.63) is 0 Å². The van der Waals surface area contributed by atoms with Crippen LogP contribution in [0.4, 0.5) is 0 Å². The first-order valence-corrected chi connectivity index (χ1v) is 5.53. The highest BCUT2D eigenvalue weighted by molar-refractivity contribution is 5.49. The zero-order valence-corrected chi connectivity index (χ0v) is 9.41. The van der Waals surface area contributed by atoms with Crippen molar-refractivity contribution in [2.45, 2.75) is 19.3 Å². The summed E-state index contributed by atoms with van der Waals surface area (Å²) in [5, 5.41) is 0. The van der Waals surface area contributed by atoms with E-state index < -0.39 is 0 Å². The minimum Gasteiger partial charge on any atom is -0.309 e. The number of nitrogens with zero attached hydrogens (tertiary/aromatic N) is 2. The Morgan fingerprint density at radius 3 is 2.50 bits per heavy atom. The fraction of sp³-hybridized carbons (Fsp3) is 0.909. The lowest BCUT2D eigenvalue weighted by molar-refractivity contribution is -0.108. The van der Waals surface area contributed by atoms with Crippen molar-refractivity contribution < 1.29 is 4.79 Å². The Morgan fingerprint density at radius 2 is 2.00 bits per heavy atom. The van der Waals surface area contributed by atoms with E-state index in [1.54, 1.807) is 0 Å². The maximum atomic E-state index is 10.2. The molecule has 1 saturated heterocycles. The van der Waals surface area contributed by atoms with Gasteiger partial charge in [0.1, 0.15) is 6.29 Å². The topological polar surface area (TPSA) is 23.6 Å². The fourth-order valence-corrected chi connectivity index (χ4v) is 2.14. The molecule has 1 aliphatic heterocycles. The molecule has 0 aliphatic carbocycles. The summed E-state index contributed by atoms with van der Waals surface area (Å²) in [6.07, 6.45) is 4.29. The molecule has 1 heterocycles. The first-order valence-electron chi connectivity index (χ1n) is 5.53. The van der Waals surface area contributed by atoms with Gasteiger partial charge in [0.05, 0.1) is 0 Å². The Kier molecular flexibility index (Phi) is 5.12. The van der Waals surface area contributed by atoms with Gasteiger partial charge in [-0.25, -0.2) is 0 Å². The molecule has 0 radical (unpaired) electrons. The third kappa shape index (κ3) is 4.20. The Bertz CT molecular complexity index is 163. The van der Waals surface area contributed by atoms with Gasteiger partial charge in [0.2, 0.25) is 0 Å². The molecule has 14 heavy (non-hydrogen) atoms. The fourth-order valence-electron chi connectivity index (χ4n) is 2.14. The molecule has 1 fully saturated rings. The summed E-state index contributed by atoms with van der Waals surface area (Å²) in [4.78, 5) is 14.9. The van der Waals surface area contributed by atoms with Crippen molar-refractivity contribution in [2.75, 3.05) is 40.3 Å². The van der Waals surface area contributed by atoms with Crippen LogP contribution in [0.5, 0.6) is 0 Å². The Labute approximate surface area is 87.1 Å². The highest BCUT2D eigenvalue weighted by Crippen LogP contribution is 2.17. The van der Waals surface area contributed by atoms with Gasteiger partial charge < -0.3 is 14.6 Å². The smallest absolute Gasteiger partial charge is 0.121 e. The average Bonchev–Trinajstić information content (AvgIpc) is 2.16. The second kappa shape index (κ2) is 6.14.